The predicted molar refractivity (Wildman–Crippen MR) is 80.8 cm³/mol. The monoisotopic (exact) mass is 394 g/mol. The van der Waals surface area contributed by atoms with E-state index in [1.54, 1.807) is 12.1 Å². The molecule has 2 aromatic rings. The zero-order chi connectivity index (χ0) is 16.8. The summed E-state index contributed by atoms with van der Waals surface area (Å²) in [6.45, 7) is -0.281. The highest BCUT2D eigenvalue weighted by molar-refractivity contribution is 9.10. The second kappa shape index (κ2) is 5.58. The molecule has 0 unspecified atom stereocenters. The third kappa shape index (κ3) is 3.13. The molecule has 1 aliphatic heterocycles. The molecule has 1 aromatic carbocycles. The van der Waals surface area contributed by atoms with Gasteiger partial charge in [0.05, 0.1) is 16.8 Å². The summed E-state index contributed by atoms with van der Waals surface area (Å²) in [5.41, 5.74) is -0.819. The average molecular weight is 395 g/mol. The van der Waals surface area contributed by atoms with Gasteiger partial charge in [-0.05, 0) is 12.1 Å². The zero-order valence-electron chi connectivity index (χ0n) is 11.8. The largest absolute Gasteiger partial charge is 0.419 e. The molecule has 0 amide bonds. The highest BCUT2D eigenvalue weighted by atomic mass is 79.9. The number of alkyl halides is 5. The van der Waals surface area contributed by atoms with Gasteiger partial charge in [-0.3, -0.25) is 4.98 Å². The van der Waals surface area contributed by atoms with E-state index in [0.717, 1.165) is 0 Å². The summed E-state index contributed by atoms with van der Waals surface area (Å²) < 4.78 is 67.1. The lowest BCUT2D eigenvalue weighted by molar-refractivity contribution is -0.137. The van der Waals surface area contributed by atoms with Gasteiger partial charge in [0, 0.05) is 42.0 Å². The van der Waals surface area contributed by atoms with Crippen molar-refractivity contribution in [3.05, 3.63) is 34.4 Å². The van der Waals surface area contributed by atoms with Crippen LogP contribution in [-0.2, 0) is 6.18 Å². The van der Waals surface area contributed by atoms with Crippen LogP contribution in [0.15, 0.2) is 28.9 Å². The van der Waals surface area contributed by atoms with Gasteiger partial charge in [-0.2, -0.15) is 13.2 Å². The fraction of sp³-hybridized carbons (Fsp3) is 0.400. The molecule has 1 saturated heterocycles. The molecule has 1 fully saturated rings. The number of hydrogen-bond acceptors (Lipinski definition) is 2. The molecule has 0 spiro atoms. The molecule has 0 atom stereocenters. The first kappa shape index (κ1) is 16.4. The van der Waals surface area contributed by atoms with E-state index in [9.17, 15) is 22.0 Å². The fourth-order valence-electron chi connectivity index (χ4n) is 2.81. The molecule has 2 heterocycles. The van der Waals surface area contributed by atoms with Crippen LogP contribution in [0.4, 0.5) is 27.6 Å². The number of hydrogen-bond donors (Lipinski definition) is 0. The van der Waals surface area contributed by atoms with Gasteiger partial charge in [-0.1, -0.05) is 22.0 Å². The molecule has 1 aromatic heterocycles. The summed E-state index contributed by atoms with van der Waals surface area (Å²) in [4.78, 5) is 5.42. The van der Waals surface area contributed by atoms with Crippen molar-refractivity contribution in [1.29, 1.82) is 0 Å². The third-order valence-corrected chi connectivity index (χ3v) is 4.54. The van der Waals surface area contributed by atoms with Gasteiger partial charge < -0.3 is 4.90 Å². The van der Waals surface area contributed by atoms with E-state index in [1.165, 1.54) is 17.2 Å². The van der Waals surface area contributed by atoms with Gasteiger partial charge in [0.1, 0.15) is 0 Å². The van der Waals surface area contributed by atoms with Crippen LogP contribution in [0.25, 0.3) is 10.9 Å². The van der Waals surface area contributed by atoms with Crippen molar-refractivity contribution >= 4 is 32.5 Å². The van der Waals surface area contributed by atoms with Crippen molar-refractivity contribution in [2.45, 2.75) is 24.9 Å². The molecule has 0 bridgehead atoms. The number of rotatable bonds is 1. The quantitative estimate of drug-likeness (QED) is 0.614. The number of fused-ring (bicyclic) bond motifs is 1. The number of benzene rings is 1. The number of nitrogens with zero attached hydrogens (tertiary/aromatic N) is 2. The molecule has 1 aliphatic rings. The number of anilines is 1. The Hall–Kier alpha value is -1.44. The topological polar surface area (TPSA) is 16.1 Å². The summed E-state index contributed by atoms with van der Waals surface area (Å²) in [6.07, 6.45) is -4.14. The number of aromatic nitrogens is 1. The molecule has 0 aliphatic carbocycles. The Morgan fingerprint density at radius 1 is 1.17 bits per heavy atom. The molecule has 3 rings (SSSR count). The molecule has 0 radical (unpaired) electrons. The standard InChI is InChI=1S/C15H12BrF5N2/c16-10-8-9-2-1-5-22-12(9)13(11(10)15(19,20)21)23-6-3-14(17,18)4-7-23/h1-2,5,8H,3-4,6-7H2. The number of halogens is 6. The number of pyridine rings is 1. The molecule has 0 N–H and O–H groups in total. The van der Waals surface area contributed by atoms with E-state index < -0.39 is 30.5 Å². The van der Waals surface area contributed by atoms with Gasteiger partial charge in [-0.15, -0.1) is 0 Å². The van der Waals surface area contributed by atoms with Crippen molar-refractivity contribution in [2.75, 3.05) is 18.0 Å². The van der Waals surface area contributed by atoms with E-state index >= 15 is 0 Å². The van der Waals surface area contributed by atoms with Gasteiger partial charge in [-0.25, -0.2) is 8.78 Å². The summed E-state index contributed by atoms with van der Waals surface area (Å²) in [7, 11) is 0. The molecule has 2 nitrogen and oxygen atoms in total. The maximum absolute atomic E-state index is 13.5. The Bertz CT molecular complexity index is 734. The van der Waals surface area contributed by atoms with Crippen LogP contribution in [0.3, 0.4) is 0 Å². The summed E-state index contributed by atoms with van der Waals surface area (Å²) >= 11 is 2.97. The average Bonchev–Trinajstić information content (AvgIpc) is 2.45. The molecule has 0 saturated carbocycles. The van der Waals surface area contributed by atoms with Crippen LogP contribution in [-0.4, -0.2) is 24.0 Å². The highest BCUT2D eigenvalue weighted by Gasteiger charge is 2.41. The minimum Gasteiger partial charge on any atom is -0.369 e. The predicted octanol–water partition coefficient (Wildman–Crippen LogP) is 5.25. The van der Waals surface area contributed by atoms with E-state index in [4.69, 9.17) is 0 Å². The second-order valence-corrected chi connectivity index (χ2v) is 6.35. The lowest BCUT2D eigenvalue weighted by Crippen LogP contribution is -2.40. The first-order chi connectivity index (χ1) is 10.7. The lowest BCUT2D eigenvalue weighted by Gasteiger charge is -2.35. The highest BCUT2D eigenvalue weighted by Crippen LogP contribution is 2.46. The van der Waals surface area contributed by atoms with Crippen molar-refractivity contribution in [2.24, 2.45) is 0 Å². The normalized spacial score (nSPS) is 18.4. The SMILES string of the molecule is FC1(F)CCN(c2c(C(F)(F)F)c(Br)cc3cccnc23)CC1. The van der Waals surface area contributed by atoms with Crippen LogP contribution >= 0.6 is 15.9 Å². The summed E-state index contributed by atoms with van der Waals surface area (Å²) in [5.74, 6) is -2.83. The van der Waals surface area contributed by atoms with Crippen molar-refractivity contribution < 1.29 is 22.0 Å². The Kier molecular flexibility index (Phi) is 3.98. The van der Waals surface area contributed by atoms with Crippen molar-refractivity contribution in [3.8, 4) is 0 Å². The van der Waals surface area contributed by atoms with Gasteiger partial charge in [0.25, 0.3) is 5.92 Å². The van der Waals surface area contributed by atoms with Crippen LogP contribution in [0.5, 0.6) is 0 Å². The van der Waals surface area contributed by atoms with Crippen molar-refractivity contribution in [3.63, 3.8) is 0 Å². The summed E-state index contributed by atoms with van der Waals surface area (Å²) in [5, 5.41) is 0.528. The van der Waals surface area contributed by atoms with Crippen molar-refractivity contribution in [1.82, 2.24) is 4.98 Å². The van der Waals surface area contributed by atoms with Gasteiger partial charge in [0.2, 0.25) is 0 Å². The van der Waals surface area contributed by atoms with E-state index in [-0.39, 0.29) is 28.8 Å². The van der Waals surface area contributed by atoms with E-state index in [1.807, 2.05) is 0 Å². The zero-order valence-corrected chi connectivity index (χ0v) is 13.4. The summed E-state index contributed by atoms with van der Waals surface area (Å²) in [6, 6.07) is 4.62. The van der Waals surface area contributed by atoms with Gasteiger partial charge in [0.15, 0.2) is 0 Å². The maximum Gasteiger partial charge on any atom is 0.419 e. The Labute approximate surface area is 137 Å². The molecular weight excluding hydrogens is 383 g/mol. The van der Waals surface area contributed by atoms with E-state index in [0.29, 0.717) is 5.39 Å². The molecule has 23 heavy (non-hydrogen) atoms. The molecule has 124 valence electrons. The smallest absolute Gasteiger partial charge is 0.369 e. The lowest BCUT2D eigenvalue weighted by atomic mass is 10.0. The maximum atomic E-state index is 13.5. The van der Waals surface area contributed by atoms with Crippen LogP contribution in [0, 0.1) is 0 Å². The van der Waals surface area contributed by atoms with Gasteiger partial charge >= 0.3 is 6.18 Å². The molecule has 8 heteroatoms. The first-order valence-corrected chi connectivity index (χ1v) is 7.75. The minimum absolute atomic E-state index is 0.113. The second-order valence-electron chi connectivity index (χ2n) is 5.50. The number of piperidine rings is 1. The van der Waals surface area contributed by atoms with Crippen LogP contribution < -0.4 is 4.90 Å². The van der Waals surface area contributed by atoms with Crippen LogP contribution in [0.1, 0.15) is 18.4 Å². The van der Waals surface area contributed by atoms with E-state index in [2.05, 4.69) is 20.9 Å². The first-order valence-electron chi connectivity index (χ1n) is 6.96. The Morgan fingerprint density at radius 2 is 1.83 bits per heavy atom. The molecular formula is C15H12BrF5N2. The van der Waals surface area contributed by atoms with Crippen LogP contribution in [0.2, 0.25) is 0 Å². The minimum atomic E-state index is -4.61. The Balaban J connectivity index is 2.20. The fourth-order valence-corrected chi connectivity index (χ4v) is 3.47. The Morgan fingerprint density at radius 3 is 2.43 bits per heavy atom. The third-order valence-electron chi connectivity index (χ3n) is 3.92.